The Hall–Kier alpha value is -2.96. The topological polar surface area (TPSA) is 70.2 Å². The number of para-hydroxylation sites is 1. The number of amides is 3. The molecule has 2 aromatic carbocycles. The van der Waals surface area contributed by atoms with Gasteiger partial charge in [0.2, 0.25) is 0 Å². The second-order valence-corrected chi connectivity index (χ2v) is 6.17. The second kappa shape index (κ2) is 8.42. The summed E-state index contributed by atoms with van der Waals surface area (Å²) in [5.74, 6) is -2.36. The number of halogens is 2. The maximum Gasteiger partial charge on any atom is 0.319 e. The van der Waals surface area contributed by atoms with Crippen LogP contribution >= 0.6 is 0 Å². The Kier molecular flexibility index (Phi) is 6.27. The Morgan fingerprint density at radius 1 is 0.923 bits per heavy atom. The van der Waals surface area contributed by atoms with E-state index in [1.165, 1.54) is 6.07 Å². The van der Waals surface area contributed by atoms with Crippen molar-refractivity contribution >= 4 is 17.6 Å². The highest BCUT2D eigenvalue weighted by Crippen LogP contribution is 2.19. The molecule has 1 atom stereocenters. The summed E-state index contributed by atoms with van der Waals surface area (Å²) in [7, 11) is 0. The number of hydrogen-bond donors (Lipinski definition) is 3. The van der Waals surface area contributed by atoms with Crippen molar-refractivity contribution in [3.8, 4) is 0 Å². The minimum atomic E-state index is -0.976. The zero-order chi connectivity index (χ0) is 19.3. The summed E-state index contributed by atoms with van der Waals surface area (Å²) in [6.45, 7) is 5.30. The number of hydrogen-bond acceptors (Lipinski definition) is 2. The normalized spacial score (nSPS) is 11.8. The first-order valence-electron chi connectivity index (χ1n) is 8.20. The van der Waals surface area contributed by atoms with Crippen LogP contribution in [0.1, 0.15) is 42.7 Å². The molecule has 0 aliphatic carbocycles. The monoisotopic (exact) mass is 361 g/mol. The van der Waals surface area contributed by atoms with Gasteiger partial charge in [0.05, 0.1) is 17.3 Å². The molecule has 0 bridgehead atoms. The van der Waals surface area contributed by atoms with E-state index in [0.717, 1.165) is 12.1 Å². The van der Waals surface area contributed by atoms with Gasteiger partial charge in [-0.2, -0.15) is 0 Å². The summed E-state index contributed by atoms with van der Waals surface area (Å²) in [4.78, 5) is 24.4. The smallest absolute Gasteiger partial charge is 0.319 e. The lowest BCUT2D eigenvalue weighted by molar-refractivity contribution is 0.0940. The van der Waals surface area contributed by atoms with Crippen LogP contribution in [-0.4, -0.2) is 18.0 Å². The van der Waals surface area contributed by atoms with Gasteiger partial charge >= 0.3 is 6.03 Å². The number of rotatable bonds is 5. The minimum absolute atomic E-state index is 0.0515. The molecule has 1 unspecified atom stereocenters. The van der Waals surface area contributed by atoms with Crippen molar-refractivity contribution in [3.63, 3.8) is 0 Å². The summed E-state index contributed by atoms with van der Waals surface area (Å²) in [5, 5.41) is 8.02. The Bertz CT molecular complexity index is 809. The number of anilines is 1. The van der Waals surface area contributed by atoms with Crippen LogP contribution in [0.2, 0.25) is 0 Å². The highest BCUT2D eigenvalue weighted by Gasteiger charge is 2.17. The molecule has 3 N–H and O–H groups in total. The molecule has 0 aliphatic heterocycles. The molecule has 7 heteroatoms. The fourth-order valence-electron chi connectivity index (χ4n) is 2.35. The van der Waals surface area contributed by atoms with Crippen LogP contribution < -0.4 is 16.0 Å². The largest absolute Gasteiger partial charge is 0.345 e. The summed E-state index contributed by atoms with van der Waals surface area (Å²) in [5.41, 5.74) is 1.04. The Labute approximate surface area is 150 Å². The van der Waals surface area contributed by atoms with Crippen LogP contribution in [0.25, 0.3) is 0 Å². The molecule has 0 radical (unpaired) electrons. The summed E-state index contributed by atoms with van der Waals surface area (Å²) >= 11 is 0. The average Bonchev–Trinajstić information content (AvgIpc) is 2.56. The van der Waals surface area contributed by atoms with E-state index in [9.17, 15) is 18.4 Å². The third-order valence-electron chi connectivity index (χ3n) is 3.63. The Balaban J connectivity index is 2.14. The molecule has 2 aromatic rings. The standard InChI is InChI=1S/C19H21F2N3O2/c1-11(2)22-19(26)24-17-7-5-4-6-14(17)18(25)23-12(3)13-8-9-15(20)16(21)10-13/h4-12H,1-3H3,(H,23,25)(H2,22,24,26). The highest BCUT2D eigenvalue weighted by atomic mass is 19.2. The zero-order valence-electron chi connectivity index (χ0n) is 14.8. The van der Waals surface area contributed by atoms with Crippen molar-refractivity contribution < 1.29 is 18.4 Å². The van der Waals surface area contributed by atoms with Crippen molar-refractivity contribution in [2.24, 2.45) is 0 Å². The molecule has 0 spiro atoms. The van der Waals surface area contributed by atoms with Gasteiger partial charge in [-0.1, -0.05) is 18.2 Å². The molecule has 138 valence electrons. The zero-order valence-corrected chi connectivity index (χ0v) is 14.8. The number of carbonyl (C=O) groups excluding carboxylic acids is 2. The summed E-state index contributed by atoms with van der Waals surface area (Å²) < 4.78 is 26.4. The molecule has 0 aliphatic rings. The van der Waals surface area contributed by atoms with E-state index < -0.39 is 29.6 Å². The second-order valence-electron chi connectivity index (χ2n) is 6.17. The van der Waals surface area contributed by atoms with Gasteiger partial charge in [0.15, 0.2) is 11.6 Å². The van der Waals surface area contributed by atoms with E-state index in [1.807, 2.05) is 13.8 Å². The molecule has 0 saturated heterocycles. The molecular weight excluding hydrogens is 340 g/mol. The lowest BCUT2D eigenvalue weighted by atomic mass is 10.1. The van der Waals surface area contributed by atoms with Crippen molar-refractivity contribution in [1.82, 2.24) is 10.6 Å². The van der Waals surface area contributed by atoms with E-state index in [-0.39, 0.29) is 11.6 Å². The van der Waals surface area contributed by atoms with E-state index in [4.69, 9.17) is 0 Å². The molecule has 0 saturated carbocycles. The minimum Gasteiger partial charge on any atom is -0.345 e. The Morgan fingerprint density at radius 3 is 2.27 bits per heavy atom. The van der Waals surface area contributed by atoms with E-state index >= 15 is 0 Å². The van der Waals surface area contributed by atoms with Crippen LogP contribution in [0.4, 0.5) is 19.3 Å². The van der Waals surface area contributed by atoms with E-state index in [1.54, 1.807) is 31.2 Å². The molecule has 0 heterocycles. The fraction of sp³-hybridized carbons (Fsp3) is 0.263. The molecular formula is C19H21F2N3O2. The van der Waals surface area contributed by atoms with Gasteiger partial charge in [0.25, 0.3) is 5.91 Å². The third-order valence-corrected chi connectivity index (χ3v) is 3.63. The van der Waals surface area contributed by atoms with Gasteiger partial charge in [0, 0.05) is 6.04 Å². The van der Waals surface area contributed by atoms with Crippen LogP contribution in [0.3, 0.4) is 0 Å². The van der Waals surface area contributed by atoms with Crippen molar-refractivity contribution in [2.75, 3.05) is 5.32 Å². The van der Waals surface area contributed by atoms with Gasteiger partial charge in [-0.3, -0.25) is 4.79 Å². The van der Waals surface area contributed by atoms with Gasteiger partial charge < -0.3 is 16.0 Å². The number of carbonyl (C=O) groups is 2. The molecule has 0 fully saturated rings. The number of nitrogens with one attached hydrogen (secondary N) is 3. The SMILES string of the molecule is CC(C)NC(=O)Nc1ccccc1C(=O)NC(C)c1ccc(F)c(F)c1. The summed E-state index contributed by atoms with van der Waals surface area (Å²) in [6.07, 6.45) is 0. The molecule has 26 heavy (non-hydrogen) atoms. The van der Waals surface area contributed by atoms with E-state index in [2.05, 4.69) is 16.0 Å². The molecule has 2 rings (SSSR count). The lowest BCUT2D eigenvalue weighted by Crippen LogP contribution is -2.35. The van der Waals surface area contributed by atoms with Crippen LogP contribution in [0, 0.1) is 11.6 Å². The van der Waals surface area contributed by atoms with Crippen molar-refractivity contribution in [1.29, 1.82) is 0 Å². The van der Waals surface area contributed by atoms with Gasteiger partial charge in [-0.15, -0.1) is 0 Å². The molecule has 5 nitrogen and oxygen atoms in total. The van der Waals surface area contributed by atoms with Crippen LogP contribution in [-0.2, 0) is 0 Å². The first kappa shape index (κ1) is 19.4. The molecule has 0 aromatic heterocycles. The Morgan fingerprint density at radius 2 is 1.62 bits per heavy atom. The van der Waals surface area contributed by atoms with Crippen LogP contribution in [0.5, 0.6) is 0 Å². The van der Waals surface area contributed by atoms with Crippen LogP contribution in [0.15, 0.2) is 42.5 Å². The predicted molar refractivity (Wildman–Crippen MR) is 96.0 cm³/mol. The average molecular weight is 361 g/mol. The fourth-order valence-corrected chi connectivity index (χ4v) is 2.35. The van der Waals surface area contributed by atoms with Gasteiger partial charge in [0.1, 0.15) is 0 Å². The predicted octanol–water partition coefficient (Wildman–Crippen LogP) is 3.99. The lowest BCUT2D eigenvalue weighted by Gasteiger charge is -2.17. The summed E-state index contributed by atoms with van der Waals surface area (Å²) in [6, 6.07) is 8.98. The third kappa shape index (κ3) is 5.02. The maximum atomic E-state index is 13.4. The van der Waals surface area contributed by atoms with Crippen molar-refractivity contribution in [3.05, 3.63) is 65.2 Å². The van der Waals surface area contributed by atoms with Crippen molar-refractivity contribution in [2.45, 2.75) is 32.9 Å². The first-order valence-corrected chi connectivity index (χ1v) is 8.20. The van der Waals surface area contributed by atoms with Gasteiger partial charge in [-0.25, -0.2) is 13.6 Å². The quantitative estimate of drug-likeness (QED) is 0.754. The van der Waals surface area contributed by atoms with E-state index in [0.29, 0.717) is 11.3 Å². The number of benzene rings is 2. The first-order chi connectivity index (χ1) is 12.3. The maximum absolute atomic E-state index is 13.4. The number of urea groups is 1. The molecule has 3 amide bonds. The van der Waals surface area contributed by atoms with Gasteiger partial charge in [-0.05, 0) is 50.6 Å². The highest BCUT2D eigenvalue weighted by molar-refractivity contribution is 6.03.